The molecule has 3 rings (SSSR count). The minimum atomic E-state index is -4.49. The van der Waals surface area contributed by atoms with Crippen molar-refractivity contribution in [1.82, 2.24) is 15.1 Å². The van der Waals surface area contributed by atoms with E-state index in [0.29, 0.717) is 5.75 Å². The molecular formula is C21H20F3N3O3. The standard InChI is InChI=1S/C21H20F3N3O3/c1-13(16-9-4-5-10-17(16)29-2)25-20(28)19-18(30-3)12-27(26-19)15-8-6-7-14(11-15)21(22,23)24/h4-13H,1-3H3,(H,25,28). The second-order valence-corrected chi connectivity index (χ2v) is 6.48. The number of hydrogen-bond donors (Lipinski definition) is 1. The molecule has 3 aromatic rings. The normalized spacial score (nSPS) is 12.3. The lowest BCUT2D eigenvalue weighted by molar-refractivity contribution is -0.137. The highest BCUT2D eigenvalue weighted by Gasteiger charge is 2.31. The molecule has 0 radical (unpaired) electrons. The molecule has 0 spiro atoms. The van der Waals surface area contributed by atoms with Crippen LogP contribution < -0.4 is 14.8 Å². The zero-order valence-electron chi connectivity index (χ0n) is 16.5. The number of aromatic nitrogens is 2. The molecule has 0 aliphatic heterocycles. The largest absolute Gasteiger partial charge is 0.496 e. The Morgan fingerprint density at radius 1 is 1.07 bits per heavy atom. The summed E-state index contributed by atoms with van der Waals surface area (Å²) in [6.07, 6.45) is -3.13. The molecule has 30 heavy (non-hydrogen) atoms. The van der Waals surface area contributed by atoms with Gasteiger partial charge in [-0.1, -0.05) is 24.3 Å². The van der Waals surface area contributed by atoms with E-state index in [4.69, 9.17) is 9.47 Å². The quantitative estimate of drug-likeness (QED) is 0.643. The smallest absolute Gasteiger partial charge is 0.416 e. The molecule has 9 heteroatoms. The van der Waals surface area contributed by atoms with Gasteiger partial charge >= 0.3 is 6.18 Å². The first-order chi connectivity index (χ1) is 14.2. The van der Waals surface area contributed by atoms with Gasteiger partial charge in [0.2, 0.25) is 0 Å². The molecule has 0 aliphatic rings. The molecule has 0 saturated carbocycles. The number of benzene rings is 2. The number of methoxy groups -OCH3 is 2. The van der Waals surface area contributed by atoms with Crippen molar-refractivity contribution >= 4 is 5.91 Å². The molecule has 1 heterocycles. The van der Waals surface area contributed by atoms with E-state index in [1.165, 1.54) is 37.2 Å². The van der Waals surface area contributed by atoms with Gasteiger partial charge in [0.25, 0.3) is 5.91 Å². The fourth-order valence-corrected chi connectivity index (χ4v) is 2.99. The first-order valence-corrected chi connectivity index (χ1v) is 8.99. The van der Waals surface area contributed by atoms with Gasteiger partial charge in [-0.05, 0) is 31.2 Å². The molecule has 2 aromatic carbocycles. The van der Waals surface area contributed by atoms with Crippen molar-refractivity contribution in [2.45, 2.75) is 19.1 Å². The van der Waals surface area contributed by atoms with Crippen molar-refractivity contribution in [3.63, 3.8) is 0 Å². The summed E-state index contributed by atoms with van der Waals surface area (Å²) >= 11 is 0. The van der Waals surface area contributed by atoms with Gasteiger partial charge in [0.1, 0.15) is 5.75 Å². The van der Waals surface area contributed by atoms with Gasteiger partial charge in [0.05, 0.1) is 37.7 Å². The maximum absolute atomic E-state index is 13.0. The lowest BCUT2D eigenvalue weighted by Gasteiger charge is -2.16. The van der Waals surface area contributed by atoms with Gasteiger partial charge in [0, 0.05) is 5.56 Å². The summed E-state index contributed by atoms with van der Waals surface area (Å²) in [4.78, 5) is 12.8. The number of carbonyl (C=O) groups excluding carboxylic acids is 1. The van der Waals surface area contributed by atoms with E-state index < -0.39 is 23.7 Å². The number of para-hydroxylation sites is 1. The molecule has 1 aromatic heterocycles. The first-order valence-electron chi connectivity index (χ1n) is 8.99. The lowest BCUT2D eigenvalue weighted by Crippen LogP contribution is -2.27. The third-order valence-electron chi connectivity index (χ3n) is 4.51. The zero-order chi connectivity index (χ0) is 21.9. The zero-order valence-corrected chi connectivity index (χ0v) is 16.5. The van der Waals surface area contributed by atoms with E-state index in [-0.39, 0.29) is 17.1 Å². The predicted octanol–water partition coefficient (Wildman–Crippen LogP) is 4.40. The summed E-state index contributed by atoms with van der Waals surface area (Å²) in [6.45, 7) is 1.78. The van der Waals surface area contributed by atoms with Crippen molar-refractivity contribution in [1.29, 1.82) is 0 Å². The summed E-state index contributed by atoms with van der Waals surface area (Å²) in [6, 6.07) is 11.5. The maximum atomic E-state index is 13.0. The molecule has 158 valence electrons. The number of nitrogens with one attached hydrogen (secondary N) is 1. The number of carbonyl (C=O) groups is 1. The van der Waals surface area contributed by atoms with Gasteiger partial charge in [-0.3, -0.25) is 4.79 Å². The highest BCUT2D eigenvalue weighted by molar-refractivity contribution is 5.95. The monoisotopic (exact) mass is 419 g/mol. The van der Waals surface area contributed by atoms with E-state index >= 15 is 0 Å². The minimum absolute atomic E-state index is 0.0448. The topological polar surface area (TPSA) is 65.4 Å². The molecular weight excluding hydrogens is 399 g/mol. The molecule has 0 fully saturated rings. The Balaban J connectivity index is 1.88. The Labute approximate surface area is 171 Å². The van der Waals surface area contributed by atoms with Crippen molar-refractivity contribution in [3.8, 4) is 17.2 Å². The second kappa shape index (κ2) is 8.48. The maximum Gasteiger partial charge on any atom is 0.416 e. The van der Waals surface area contributed by atoms with Crippen LogP contribution in [0.5, 0.6) is 11.5 Å². The summed E-state index contributed by atoms with van der Waals surface area (Å²) in [7, 11) is 2.89. The number of halogens is 3. The molecule has 0 saturated heterocycles. The lowest BCUT2D eigenvalue weighted by atomic mass is 10.1. The number of amides is 1. The SMILES string of the molecule is COc1ccccc1C(C)NC(=O)c1nn(-c2cccc(C(F)(F)F)c2)cc1OC. The molecule has 1 N–H and O–H groups in total. The molecule has 0 bridgehead atoms. The Morgan fingerprint density at radius 3 is 2.43 bits per heavy atom. The average Bonchev–Trinajstić information content (AvgIpc) is 3.18. The highest BCUT2D eigenvalue weighted by atomic mass is 19.4. The van der Waals surface area contributed by atoms with Gasteiger partial charge < -0.3 is 14.8 Å². The molecule has 6 nitrogen and oxygen atoms in total. The van der Waals surface area contributed by atoms with Crippen LogP contribution in [0.15, 0.2) is 54.7 Å². The van der Waals surface area contributed by atoms with E-state index in [2.05, 4.69) is 10.4 Å². The number of ether oxygens (including phenoxy) is 2. The van der Waals surface area contributed by atoms with Crippen LogP contribution in [-0.4, -0.2) is 29.9 Å². The fourth-order valence-electron chi connectivity index (χ4n) is 2.99. The van der Waals surface area contributed by atoms with E-state index in [1.54, 1.807) is 13.0 Å². The third-order valence-corrected chi connectivity index (χ3v) is 4.51. The third kappa shape index (κ3) is 4.40. The first kappa shape index (κ1) is 21.2. The Hall–Kier alpha value is -3.49. The van der Waals surface area contributed by atoms with Crippen LogP contribution in [0.4, 0.5) is 13.2 Å². The highest BCUT2D eigenvalue weighted by Crippen LogP contribution is 2.31. The molecule has 1 unspecified atom stereocenters. The number of alkyl halides is 3. The van der Waals surface area contributed by atoms with Crippen LogP contribution in [-0.2, 0) is 6.18 Å². The second-order valence-electron chi connectivity index (χ2n) is 6.48. The molecule has 1 atom stereocenters. The van der Waals surface area contributed by atoms with Crippen molar-refractivity contribution in [2.24, 2.45) is 0 Å². The van der Waals surface area contributed by atoms with Crippen LogP contribution >= 0.6 is 0 Å². The summed E-state index contributed by atoms with van der Waals surface area (Å²) in [5.41, 5.74) is 0.0616. The van der Waals surface area contributed by atoms with Crippen LogP contribution in [0.2, 0.25) is 0 Å². The van der Waals surface area contributed by atoms with Gasteiger partial charge in [0.15, 0.2) is 11.4 Å². The summed E-state index contributed by atoms with van der Waals surface area (Å²) in [5, 5.41) is 6.95. The average molecular weight is 419 g/mol. The van der Waals surface area contributed by atoms with E-state index in [9.17, 15) is 18.0 Å². The summed E-state index contributed by atoms with van der Waals surface area (Å²) in [5.74, 6) is 0.222. The molecule has 0 aliphatic carbocycles. The predicted molar refractivity (Wildman–Crippen MR) is 104 cm³/mol. The Bertz CT molecular complexity index is 1050. The number of hydrogen-bond acceptors (Lipinski definition) is 4. The van der Waals surface area contributed by atoms with Crippen molar-refractivity contribution in [3.05, 3.63) is 71.5 Å². The van der Waals surface area contributed by atoms with Crippen LogP contribution in [0, 0.1) is 0 Å². The summed E-state index contributed by atoms with van der Waals surface area (Å²) < 4.78 is 50.7. The number of rotatable bonds is 6. The van der Waals surface area contributed by atoms with Crippen LogP contribution in [0.3, 0.4) is 0 Å². The van der Waals surface area contributed by atoms with E-state index in [0.717, 1.165) is 17.7 Å². The van der Waals surface area contributed by atoms with Crippen LogP contribution in [0.1, 0.15) is 34.6 Å². The van der Waals surface area contributed by atoms with Gasteiger partial charge in [-0.15, -0.1) is 0 Å². The molecule has 1 amide bonds. The van der Waals surface area contributed by atoms with Crippen molar-refractivity contribution in [2.75, 3.05) is 14.2 Å². The van der Waals surface area contributed by atoms with Gasteiger partial charge in [-0.25, -0.2) is 4.68 Å². The van der Waals surface area contributed by atoms with Crippen molar-refractivity contribution < 1.29 is 27.4 Å². The van der Waals surface area contributed by atoms with Gasteiger partial charge in [-0.2, -0.15) is 18.3 Å². The Morgan fingerprint density at radius 2 is 1.77 bits per heavy atom. The Kier molecular flexibility index (Phi) is 6.00. The van der Waals surface area contributed by atoms with E-state index in [1.807, 2.05) is 18.2 Å². The minimum Gasteiger partial charge on any atom is -0.496 e. The van der Waals surface area contributed by atoms with Crippen LogP contribution in [0.25, 0.3) is 5.69 Å². The number of nitrogens with zero attached hydrogens (tertiary/aromatic N) is 2. The fraction of sp³-hybridized carbons (Fsp3) is 0.238.